The molecule has 16 heavy (non-hydrogen) atoms. The maximum absolute atomic E-state index is 11.6. The Hall–Kier alpha value is -0.260. The molecular formula is C11H24N2O2S. The maximum atomic E-state index is 11.6. The number of amides is 1. The third kappa shape index (κ3) is 7.96. The van der Waals surface area contributed by atoms with Gasteiger partial charge in [-0.15, -0.1) is 11.8 Å². The first-order chi connectivity index (χ1) is 7.61. The van der Waals surface area contributed by atoms with Gasteiger partial charge in [-0.25, -0.2) is 0 Å². The average molecular weight is 248 g/mol. The second kappa shape index (κ2) is 9.93. The van der Waals surface area contributed by atoms with E-state index in [2.05, 4.69) is 12.2 Å². The minimum Gasteiger partial charge on any atom is -0.385 e. The Morgan fingerprint density at radius 3 is 2.81 bits per heavy atom. The van der Waals surface area contributed by atoms with E-state index in [1.165, 1.54) is 0 Å². The summed E-state index contributed by atoms with van der Waals surface area (Å²) in [6.07, 6.45) is 1.81. The Morgan fingerprint density at radius 2 is 2.25 bits per heavy atom. The molecule has 0 saturated heterocycles. The second-order valence-corrected chi connectivity index (χ2v) is 5.16. The quantitative estimate of drug-likeness (QED) is 0.598. The molecular weight excluding hydrogens is 224 g/mol. The highest BCUT2D eigenvalue weighted by molar-refractivity contribution is 8.00. The minimum atomic E-state index is -0.0276. The van der Waals surface area contributed by atoms with Crippen molar-refractivity contribution in [1.82, 2.24) is 5.32 Å². The van der Waals surface area contributed by atoms with Gasteiger partial charge >= 0.3 is 0 Å². The number of hydrogen-bond donors (Lipinski definition) is 2. The van der Waals surface area contributed by atoms with Crippen molar-refractivity contribution in [3.05, 3.63) is 0 Å². The second-order valence-electron chi connectivity index (χ2n) is 3.78. The number of carbonyl (C=O) groups excluding carboxylic acids is 1. The summed E-state index contributed by atoms with van der Waals surface area (Å²) in [6.45, 7) is 5.33. The van der Waals surface area contributed by atoms with Crippen LogP contribution in [0.15, 0.2) is 0 Å². The molecule has 0 aromatic carbocycles. The van der Waals surface area contributed by atoms with Crippen molar-refractivity contribution < 1.29 is 9.53 Å². The lowest BCUT2D eigenvalue weighted by Crippen LogP contribution is -2.33. The number of methoxy groups -OCH3 is 1. The Kier molecular flexibility index (Phi) is 9.77. The Morgan fingerprint density at radius 1 is 1.56 bits per heavy atom. The fraction of sp³-hybridized carbons (Fsp3) is 0.909. The number of nitrogens with one attached hydrogen (secondary N) is 1. The van der Waals surface area contributed by atoms with Crippen LogP contribution in [0.5, 0.6) is 0 Å². The Bertz CT molecular complexity index is 191. The van der Waals surface area contributed by atoms with Crippen molar-refractivity contribution >= 4 is 17.7 Å². The average Bonchev–Trinajstić information content (AvgIpc) is 2.30. The molecule has 2 atom stereocenters. The summed E-state index contributed by atoms with van der Waals surface area (Å²) < 4.78 is 4.90. The zero-order chi connectivity index (χ0) is 12.4. The monoisotopic (exact) mass is 248 g/mol. The van der Waals surface area contributed by atoms with Gasteiger partial charge in [0.15, 0.2) is 0 Å². The van der Waals surface area contributed by atoms with Gasteiger partial charge in [-0.3, -0.25) is 4.79 Å². The fourth-order valence-electron chi connectivity index (χ4n) is 1.03. The first-order valence-corrected chi connectivity index (χ1v) is 6.80. The molecule has 0 aromatic rings. The van der Waals surface area contributed by atoms with E-state index in [9.17, 15) is 4.79 Å². The summed E-state index contributed by atoms with van der Waals surface area (Å²) in [6, 6.07) is 0.189. The van der Waals surface area contributed by atoms with Gasteiger partial charge in [0.2, 0.25) is 5.91 Å². The molecule has 0 aliphatic rings. The summed E-state index contributed by atoms with van der Waals surface area (Å²) in [5, 5.41) is 2.85. The molecule has 3 N–H and O–H groups in total. The van der Waals surface area contributed by atoms with Crippen LogP contribution >= 0.6 is 11.8 Å². The summed E-state index contributed by atoms with van der Waals surface area (Å²) in [7, 11) is 1.66. The molecule has 2 unspecified atom stereocenters. The van der Waals surface area contributed by atoms with Gasteiger partial charge in [-0.05, 0) is 19.8 Å². The number of nitrogens with two attached hydrogens (primary N) is 1. The van der Waals surface area contributed by atoms with E-state index in [1.807, 2.05) is 6.92 Å². The van der Waals surface area contributed by atoms with Gasteiger partial charge in [-0.2, -0.15) is 0 Å². The molecule has 0 aliphatic carbocycles. The van der Waals surface area contributed by atoms with Crippen LogP contribution in [0.4, 0.5) is 0 Å². The SMILES string of the molecule is CCC(N)CSC(C)C(=O)NCCCOC. The van der Waals surface area contributed by atoms with E-state index in [-0.39, 0.29) is 17.2 Å². The van der Waals surface area contributed by atoms with Crippen molar-refractivity contribution in [3.8, 4) is 0 Å². The van der Waals surface area contributed by atoms with E-state index in [0.717, 1.165) is 18.6 Å². The maximum Gasteiger partial charge on any atom is 0.232 e. The molecule has 0 radical (unpaired) electrons. The number of ether oxygens (including phenoxy) is 1. The minimum absolute atomic E-state index is 0.0276. The van der Waals surface area contributed by atoms with Crippen molar-refractivity contribution in [1.29, 1.82) is 0 Å². The summed E-state index contributed by atoms with van der Waals surface area (Å²) >= 11 is 1.61. The molecule has 0 rings (SSSR count). The number of rotatable bonds is 9. The van der Waals surface area contributed by atoms with E-state index in [4.69, 9.17) is 10.5 Å². The molecule has 96 valence electrons. The molecule has 4 nitrogen and oxygen atoms in total. The smallest absolute Gasteiger partial charge is 0.232 e. The van der Waals surface area contributed by atoms with E-state index < -0.39 is 0 Å². The zero-order valence-electron chi connectivity index (χ0n) is 10.5. The van der Waals surface area contributed by atoms with Gasteiger partial charge in [0.1, 0.15) is 0 Å². The summed E-state index contributed by atoms with van der Waals surface area (Å²) in [5.74, 6) is 0.924. The molecule has 1 amide bonds. The molecule has 0 saturated carbocycles. The first kappa shape index (κ1) is 15.7. The highest BCUT2D eigenvalue weighted by Gasteiger charge is 2.13. The highest BCUT2D eigenvalue weighted by Crippen LogP contribution is 2.12. The standard InChI is InChI=1S/C11H24N2O2S/c1-4-10(12)8-16-9(2)11(14)13-6-5-7-15-3/h9-10H,4-8,12H2,1-3H3,(H,13,14). The molecule has 0 aromatic heterocycles. The van der Waals surface area contributed by atoms with Gasteiger partial charge in [-0.1, -0.05) is 6.92 Å². The van der Waals surface area contributed by atoms with Crippen molar-refractivity contribution in [2.75, 3.05) is 26.0 Å². The van der Waals surface area contributed by atoms with Crippen molar-refractivity contribution in [2.45, 2.75) is 38.0 Å². The first-order valence-electron chi connectivity index (χ1n) is 5.75. The van der Waals surface area contributed by atoms with Crippen LogP contribution in [0, 0.1) is 0 Å². The molecule has 5 heteroatoms. The molecule has 0 aliphatic heterocycles. The van der Waals surface area contributed by atoms with E-state index >= 15 is 0 Å². The van der Waals surface area contributed by atoms with E-state index in [0.29, 0.717) is 13.2 Å². The molecule has 0 bridgehead atoms. The van der Waals surface area contributed by atoms with Crippen molar-refractivity contribution in [3.63, 3.8) is 0 Å². The summed E-state index contributed by atoms with van der Waals surface area (Å²) in [4.78, 5) is 11.6. The topological polar surface area (TPSA) is 64.4 Å². The Labute approximate surface area is 103 Å². The van der Waals surface area contributed by atoms with Crippen LogP contribution in [0.25, 0.3) is 0 Å². The lowest BCUT2D eigenvalue weighted by molar-refractivity contribution is -0.120. The molecule has 0 heterocycles. The molecule has 0 spiro atoms. The zero-order valence-corrected chi connectivity index (χ0v) is 11.3. The van der Waals surface area contributed by atoms with Crippen LogP contribution in [-0.4, -0.2) is 43.2 Å². The van der Waals surface area contributed by atoms with Gasteiger partial charge in [0, 0.05) is 32.1 Å². The molecule has 0 fully saturated rings. The highest BCUT2D eigenvalue weighted by atomic mass is 32.2. The van der Waals surface area contributed by atoms with Crippen LogP contribution in [0.2, 0.25) is 0 Å². The Balaban J connectivity index is 3.57. The number of carbonyl (C=O) groups is 1. The fourth-order valence-corrected chi connectivity index (χ4v) is 2.04. The van der Waals surface area contributed by atoms with Gasteiger partial charge in [0.25, 0.3) is 0 Å². The van der Waals surface area contributed by atoms with Crippen molar-refractivity contribution in [2.24, 2.45) is 5.73 Å². The lowest BCUT2D eigenvalue weighted by Gasteiger charge is -2.14. The lowest BCUT2D eigenvalue weighted by atomic mass is 10.3. The van der Waals surface area contributed by atoms with Crippen LogP contribution in [0.1, 0.15) is 26.7 Å². The largest absolute Gasteiger partial charge is 0.385 e. The van der Waals surface area contributed by atoms with E-state index in [1.54, 1.807) is 18.9 Å². The number of thioether (sulfide) groups is 1. The predicted molar refractivity (Wildman–Crippen MR) is 69.7 cm³/mol. The van der Waals surface area contributed by atoms with Crippen LogP contribution in [-0.2, 0) is 9.53 Å². The third-order valence-corrected chi connectivity index (χ3v) is 3.61. The van der Waals surface area contributed by atoms with Gasteiger partial charge < -0.3 is 15.8 Å². The predicted octanol–water partition coefficient (Wildman–Crippen LogP) is 0.998. The van der Waals surface area contributed by atoms with Gasteiger partial charge in [0.05, 0.1) is 5.25 Å². The normalized spacial score (nSPS) is 14.5. The third-order valence-electron chi connectivity index (χ3n) is 2.28. The van der Waals surface area contributed by atoms with Crippen LogP contribution < -0.4 is 11.1 Å². The number of hydrogen-bond acceptors (Lipinski definition) is 4. The van der Waals surface area contributed by atoms with Crippen LogP contribution in [0.3, 0.4) is 0 Å². The summed E-state index contributed by atoms with van der Waals surface area (Å²) in [5.41, 5.74) is 5.79.